The number of nitrogens with zero attached hydrogens (tertiary/aromatic N) is 1. The maximum Gasteiger partial charge on any atom is 0.186 e. The maximum atomic E-state index is 12.3. The Bertz CT molecular complexity index is 643. The third kappa shape index (κ3) is 2.01. The molecule has 2 aromatic carbocycles. The maximum absolute atomic E-state index is 12.3. The molecular weight excluding hydrogens is 250 g/mol. The highest BCUT2D eigenvalue weighted by Crippen LogP contribution is 2.26. The largest absolute Gasteiger partial charge is 0.247 e. The van der Waals surface area contributed by atoms with Crippen LogP contribution in [-0.2, 0) is 10.8 Å². The monoisotopic (exact) mass is 259 g/mol. The second-order valence-electron chi connectivity index (χ2n) is 3.53. The van der Waals surface area contributed by atoms with Crippen LogP contribution in [0, 0.1) is 0 Å². The Morgan fingerprint density at radius 3 is 2.41 bits per heavy atom. The molecule has 0 bridgehead atoms. The Labute approximate surface area is 105 Å². The SMILES string of the molecule is O=S(c1ccccc1)c1nc2ccccc2s1. The number of rotatable bonds is 2. The van der Waals surface area contributed by atoms with Crippen LogP contribution in [0.15, 0.2) is 63.8 Å². The van der Waals surface area contributed by atoms with E-state index >= 15 is 0 Å². The van der Waals surface area contributed by atoms with Gasteiger partial charge in [-0.25, -0.2) is 9.19 Å². The van der Waals surface area contributed by atoms with Gasteiger partial charge in [0.15, 0.2) is 4.34 Å². The van der Waals surface area contributed by atoms with Crippen molar-refractivity contribution in [3.63, 3.8) is 0 Å². The summed E-state index contributed by atoms with van der Waals surface area (Å²) in [5.41, 5.74) is 0.914. The molecule has 0 saturated heterocycles. The molecule has 0 aliphatic carbocycles. The van der Waals surface area contributed by atoms with Crippen molar-refractivity contribution in [1.29, 1.82) is 0 Å². The van der Waals surface area contributed by atoms with E-state index in [0.717, 1.165) is 15.1 Å². The van der Waals surface area contributed by atoms with Crippen LogP contribution >= 0.6 is 11.3 Å². The van der Waals surface area contributed by atoms with Crippen LogP contribution in [0.25, 0.3) is 10.2 Å². The molecule has 4 heteroatoms. The quantitative estimate of drug-likeness (QED) is 0.705. The summed E-state index contributed by atoms with van der Waals surface area (Å²) in [5, 5.41) is 0. The van der Waals surface area contributed by atoms with Gasteiger partial charge in [-0.1, -0.05) is 30.3 Å². The van der Waals surface area contributed by atoms with E-state index in [2.05, 4.69) is 4.98 Å². The molecule has 0 spiro atoms. The van der Waals surface area contributed by atoms with Crippen LogP contribution < -0.4 is 0 Å². The van der Waals surface area contributed by atoms with Gasteiger partial charge < -0.3 is 0 Å². The van der Waals surface area contributed by atoms with E-state index in [1.807, 2.05) is 54.6 Å². The van der Waals surface area contributed by atoms with Gasteiger partial charge in [-0.3, -0.25) is 0 Å². The molecular formula is C13H9NOS2. The number of fused-ring (bicyclic) bond motifs is 1. The van der Waals surface area contributed by atoms with Gasteiger partial charge in [0.1, 0.15) is 10.8 Å². The van der Waals surface area contributed by atoms with Crippen LogP contribution in [0.2, 0.25) is 0 Å². The Hall–Kier alpha value is -1.52. The van der Waals surface area contributed by atoms with Gasteiger partial charge in [-0.2, -0.15) is 0 Å². The summed E-state index contributed by atoms with van der Waals surface area (Å²) in [6, 6.07) is 17.3. The molecule has 1 unspecified atom stereocenters. The fourth-order valence-electron chi connectivity index (χ4n) is 1.58. The minimum Gasteiger partial charge on any atom is -0.247 e. The first kappa shape index (κ1) is 10.6. The molecule has 0 amide bonds. The topological polar surface area (TPSA) is 30.0 Å². The zero-order chi connectivity index (χ0) is 11.7. The lowest BCUT2D eigenvalue weighted by molar-refractivity contribution is 0.682. The zero-order valence-corrected chi connectivity index (χ0v) is 10.5. The smallest absolute Gasteiger partial charge is 0.186 e. The molecule has 3 rings (SSSR count). The predicted octanol–water partition coefficient (Wildman–Crippen LogP) is 3.46. The van der Waals surface area contributed by atoms with Crippen molar-refractivity contribution in [2.24, 2.45) is 0 Å². The third-order valence-corrected chi connectivity index (χ3v) is 5.03. The third-order valence-electron chi connectivity index (χ3n) is 2.39. The van der Waals surface area contributed by atoms with E-state index in [4.69, 9.17) is 0 Å². The Balaban J connectivity index is 2.07. The number of aromatic nitrogens is 1. The summed E-state index contributed by atoms with van der Waals surface area (Å²) in [7, 11) is -1.17. The average Bonchev–Trinajstić information content (AvgIpc) is 2.82. The van der Waals surface area contributed by atoms with Gasteiger partial charge in [0, 0.05) is 4.90 Å². The summed E-state index contributed by atoms with van der Waals surface area (Å²) in [6.45, 7) is 0. The summed E-state index contributed by atoms with van der Waals surface area (Å²) in [4.78, 5) is 5.21. The molecule has 0 aliphatic heterocycles. The normalized spacial score (nSPS) is 12.7. The van der Waals surface area contributed by atoms with E-state index in [1.165, 1.54) is 11.3 Å². The molecule has 0 fully saturated rings. The lowest BCUT2D eigenvalue weighted by Crippen LogP contribution is -1.90. The Morgan fingerprint density at radius 1 is 0.941 bits per heavy atom. The minimum absolute atomic E-state index is 0.664. The fraction of sp³-hybridized carbons (Fsp3) is 0. The van der Waals surface area contributed by atoms with E-state index in [-0.39, 0.29) is 0 Å². The molecule has 0 saturated carbocycles. The van der Waals surface area contributed by atoms with Gasteiger partial charge in [0.05, 0.1) is 10.2 Å². The molecule has 2 nitrogen and oxygen atoms in total. The highest BCUT2D eigenvalue weighted by molar-refractivity contribution is 7.87. The van der Waals surface area contributed by atoms with E-state index < -0.39 is 10.8 Å². The van der Waals surface area contributed by atoms with Gasteiger partial charge in [-0.05, 0) is 24.3 Å². The van der Waals surface area contributed by atoms with Crippen LogP contribution in [-0.4, -0.2) is 9.19 Å². The minimum atomic E-state index is -1.17. The summed E-state index contributed by atoms with van der Waals surface area (Å²) >= 11 is 1.49. The van der Waals surface area contributed by atoms with Crippen molar-refractivity contribution in [1.82, 2.24) is 4.98 Å². The molecule has 1 aromatic heterocycles. The van der Waals surface area contributed by atoms with Crippen molar-refractivity contribution < 1.29 is 4.21 Å². The van der Waals surface area contributed by atoms with Crippen molar-refractivity contribution in [2.45, 2.75) is 9.24 Å². The zero-order valence-electron chi connectivity index (χ0n) is 8.87. The number of hydrogen-bond donors (Lipinski definition) is 0. The number of hydrogen-bond acceptors (Lipinski definition) is 3. The molecule has 1 heterocycles. The van der Waals surface area contributed by atoms with Crippen LogP contribution in [0.4, 0.5) is 0 Å². The molecule has 1 atom stereocenters. The lowest BCUT2D eigenvalue weighted by Gasteiger charge is -1.95. The number of para-hydroxylation sites is 1. The lowest BCUT2D eigenvalue weighted by atomic mass is 10.3. The standard InChI is InChI=1S/C13H9NOS2/c15-17(10-6-2-1-3-7-10)13-14-11-8-4-5-9-12(11)16-13/h1-9H. The van der Waals surface area contributed by atoms with Crippen LogP contribution in [0.1, 0.15) is 0 Å². The first-order chi connectivity index (χ1) is 8.34. The Kier molecular flexibility index (Phi) is 2.74. The molecule has 0 aliphatic rings. The second-order valence-corrected chi connectivity index (χ2v) is 6.21. The molecule has 0 radical (unpaired) electrons. The van der Waals surface area contributed by atoms with Gasteiger partial charge in [0.25, 0.3) is 0 Å². The number of thiazole rings is 1. The van der Waals surface area contributed by atoms with E-state index in [1.54, 1.807) is 0 Å². The fourth-order valence-corrected chi connectivity index (χ4v) is 3.92. The highest BCUT2D eigenvalue weighted by Gasteiger charge is 2.11. The molecule has 0 N–H and O–H groups in total. The van der Waals surface area contributed by atoms with Crippen molar-refractivity contribution in [3.05, 3.63) is 54.6 Å². The van der Waals surface area contributed by atoms with Crippen molar-refractivity contribution >= 4 is 32.4 Å². The van der Waals surface area contributed by atoms with Gasteiger partial charge in [0.2, 0.25) is 0 Å². The number of benzene rings is 2. The van der Waals surface area contributed by atoms with E-state index in [0.29, 0.717) is 4.34 Å². The van der Waals surface area contributed by atoms with Crippen molar-refractivity contribution in [2.75, 3.05) is 0 Å². The Morgan fingerprint density at radius 2 is 1.65 bits per heavy atom. The van der Waals surface area contributed by atoms with Crippen LogP contribution in [0.5, 0.6) is 0 Å². The predicted molar refractivity (Wildman–Crippen MR) is 70.7 cm³/mol. The first-order valence-corrected chi connectivity index (χ1v) is 7.13. The summed E-state index contributed by atoms with van der Waals surface area (Å²) < 4.78 is 14.0. The van der Waals surface area contributed by atoms with Gasteiger partial charge >= 0.3 is 0 Å². The van der Waals surface area contributed by atoms with Crippen LogP contribution in [0.3, 0.4) is 0 Å². The highest BCUT2D eigenvalue weighted by atomic mass is 32.2. The van der Waals surface area contributed by atoms with Gasteiger partial charge in [-0.15, -0.1) is 11.3 Å². The molecule has 84 valence electrons. The average molecular weight is 259 g/mol. The van der Waals surface area contributed by atoms with E-state index in [9.17, 15) is 4.21 Å². The van der Waals surface area contributed by atoms with Crippen molar-refractivity contribution in [3.8, 4) is 0 Å². The second kappa shape index (κ2) is 4.39. The first-order valence-electron chi connectivity index (χ1n) is 5.17. The molecule has 17 heavy (non-hydrogen) atoms. The summed E-state index contributed by atoms with van der Waals surface area (Å²) in [6.07, 6.45) is 0. The molecule has 3 aromatic rings. The summed E-state index contributed by atoms with van der Waals surface area (Å²) in [5.74, 6) is 0.